The third-order valence-corrected chi connectivity index (χ3v) is 4.25. The third-order valence-electron chi connectivity index (χ3n) is 4.25. The highest BCUT2D eigenvalue weighted by atomic mass is 19.4. The first-order valence-electron chi connectivity index (χ1n) is 9.67. The monoisotopic (exact) mass is 430 g/mol. The summed E-state index contributed by atoms with van der Waals surface area (Å²) < 4.78 is 40.6. The summed E-state index contributed by atoms with van der Waals surface area (Å²) >= 11 is 0. The fourth-order valence-corrected chi connectivity index (χ4v) is 2.76. The van der Waals surface area contributed by atoms with Crippen molar-refractivity contribution in [2.24, 2.45) is 0 Å². The van der Waals surface area contributed by atoms with Gasteiger partial charge in [-0.25, -0.2) is 9.97 Å². The summed E-state index contributed by atoms with van der Waals surface area (Å²) in [6, 6.07) is 14.3. The Morgan fingerprint density at radius 2 is 1.68 bits per heavy atom. The Bertz CT molecular complexity index is 1010. The van der Waals surface area contributed by atoms with Crippen molar-refractivity contribution >= 4 is 23.1 Å². The van der Waals surface area contributed by atoms with Gasteiger partial charge in [0.1, 0.15) is 17.9 Å². The minimum absolute atomic E-state index is 0.0187. The van der Waals surface area contributed by atoms with Gasteiger partial charge in [0.15, 0.2) is 0 Å². The molecule has 0 bridgehead atoms. The molecule has 162 valence electrons. The number of hydrogen-bond acceptors (Lipinski definition) is 5. The summed E-state index contributed by atoms with van der Waals surface area (Å²) in [6.07, 6.45) is -1.05. The predicted molar refractivity (Wildman–Crippen MR) is 112 cm³/mol. The highest BCUT2D eigenvalue weighted by Crippen LogP contribution is 2.26. The lowest BCUT2D eigenvalue weighted by molar-refractivity contribution is -0.274. The summed E-state index contributed by atoms with van der Waals surface area (Å²) in [5, 5.41) is 5.87. The van der Waals surface area contributed by atoms with E-state index in [2.05, 4.69) is 25.3 Å². The van der Waals surface area contributed by atoms with Crippen LogP contribution < -0.4 is 15.4 Å². The Balaban J connectivity index is 1.65. The van der Waals surface area contributed by atoms with Crippen LogP contribution in [0.5, 0.6) is 5.75 Å². The van der Waals surface area contributed by atoms with Crippen LogP contribution in [0.3, 0.4) is 0 Å². The first-order valence-corrected chi connectivity index (χ1v) is 9.67. The van der Waals surface area contributed by atoms with Gasteiger partial charge < -0.3 is 15.4 Å². The van der Waals surface area contributed by atoms with Gasteiger partial charge in [0, 0.05) is 29.4 Å². The first kappa shape index (κ1) is 22.1. The standard InChI is InChI=1S/C22H21F3N4O2/c1-2-3-4-21(30)29-17-7-5-15(6-8-17)19-13-20(27-14-26-19)28-16-9-11-18(12-10-16)31-22(23,24)25/h5-14H,2-4H2,1H3,(H,29,30)(H,26,27,28). The molecular formula is C22H21F3N4O2. The summed E-state index contributed by atoms with van der Waals surface area (Å²) in [5.41, 5.74) is 2.73. The molecule has 9 heteroatoms. The molecule has 0 aliphatic carbocycles. The van der Waals surface area contributed by atoms with Crippen LogP contribution in [0, 0.1) is 0 Å². The Morgan fingerprint density at radius 3 is 2.32 bits per heavy atom. The fourth-order valence-electron chi connectivity index (χ4n) is 2.76. The summed E-state index contributed by atoms with van der Waals surface area (Å²) in [4.78, 5) is 20.2. The van der Waals surface area contributed by atoms with Crippen LogP contribution in [0.4, 0.5) is 30.4 Å². The molecule has 1 amide bonds. The zero-order valence-electron chi connectivity index (χ0n) is 16.7. The second kappa shape index (κ2) is 9.92. The number of amides is 1. The van der Waals surface area contributed by atoms with E-state index in [-0.39, 0.29) is 11.7 Å². The topological polar surface area (TPSA) is 76.1 Å². The van der Waals surface area contributed by atoms with Gasteiger partial charge in [-0.3, -0.25) is 4.79 Å². The number of nitrogens with zero attached hydrogens (tertiary/aromatic N) is 2. The number of benzene rings is 2. The minimum atomic E-state index is -4.73. The number of carbonyl (C=O) groups excluding carboxylic acids is 1. The van der Waals surface area contributed by atoms with E-state index in [1.165, 1.54) is 30.6 Å². The van der Waals surface area contributed by atoms with Crippen LogP contribution in [0.2, 0.25) is 0 Å². The lowest BCUT2D eigenvalue weighted by atomic mass is 10.1. The van der Waals surface area contributed by atoms with E-state index in [1.54, 1.807) is 18.2 Å². The van der Waals surface area contributed by atoms with Gasteiger partial charge in [0.2, 0.25) is 5.91 Å². The molecule has 2 N–H and O–H groups in total. The summed E-state index contributed by atoms with van der Waals surface area (Å²) in [7, 11) is 0. The minimum Gasteiger partial charge on any atom is -0.406 e. The molecule has 0 saturated carbocycles. The highest BCUT2D eigenvalue weighted by molar-refractivity contribution is 5.90. The van der Waals surface area contributed by atoms with Crippen molar-refractivity contribution in [2.75, 3.05) is 10.6 Å². The third kappa shape index (κ3) is 6.98. The van der Waals surface area contributed by atoms with Crippen molar-refractivity contribution in [3.8, 4) is 17.0 Å². The molecule has 6 nitrogen and oxygen atoms in total. The van der Waals surface area contributed by atoms with Crippen molar-refractivity contribution in [3.63, 3.8) is 0 Å². The van der Waals surface area contributed by atoms with Crippen LogP contribution in [-0.4, -0.2) is 22.2 Å². The summed E-state index contributed by atoms with van der Waals surface area (Å²) in [6.45, 7) is 2.03. The van der Waals surface area contributed by atoms with Gasteiger partial charge in [0.25, 0.3) is 0 Å². The summed E-state index contributed by atoms with van der Waals surface area (Å²) in [5.74, 6) is 0.157. The van der Waals surface area contributed by atoms with Crippen LogP contribution in [0.1, 0.15) is 26.2 Å². The molecule has 3 aromatic rings. The Morgan fingerprint density at radius 1 is 1.00 bits per heavy atom. The second-order valence-electron chi connectivity index (χ2n) is 6.71. The molecule has 31 heavy (non-hydrogen) atoms. The van der Waals surface area contributed by atoms with Crippen LogP contribution in [0.25, 0.3) is 11.3 Å². The number of ether oxygens (including phenoxy) is 1. The number of halogens is 3. The number of hydrogen-bond donors (Lipinski definition) is 2. The molecule has 0 atom stereocenters. The van der Waals surface area contributed by atoms with E-state index in [4.69, 9.17) is 0 Å². The van der Waals surface area contributed by atoms with Gasteiger partial charge in [-0.2, -0.15) is 0 Å². The quantitative estimate of drug-likeness (QED) is 0.464. The van der Waals surface area contributed by atoms with Gasteiger partial charge in [-0.15, -0.1) is 13.2 Å². The Kier molecular flexibility index (Phi) is 7.07. The van der Waals surface area contributed by atoms with Crippen molar-refractivity contribution in [2.45, 2.75) is 32.5 Å². The zero-order chi connectivity index (χ0) is 22.3. The predicted octanol–water partition coefficient (Wildman–Crippen LogP) is 5.91. The number of rotatable bonds is 8. The molecule has 1 heterocycles. The highest BCUT2D eigenvalue weighted by Gasteiger charge is 2.30. The number of nitrogens with one attached hydrogen (secondary N) is 2. The zero-order valence-corrected chi connectivity index (χ0v) is 16.7. The molecule has 0 aliphatic rings. The molecule has 0 aliphatic heterocycles. The Labute approximate surface area is 177 Å². The molecule has 0 spiro atoms. The average Bonchev–Trinajstić information content (AvgIpc) is 2.73. The van der Waals surface area contributed by atoms with E-state index in [0.717, 1.165) is 18.4 Å². The van der Waals surface area contributed by atoms with Gasteiger partial charge in [-0.1, -0.05) is 25.5 Å². The lowest BCUT2D eigenvalue weighted by Crippen LogP contribution is -2.16. The van der Waals surface area contributed by atoms with Crippen molar-refractivity contribution in [3.05, 3.63) is 60.9 Å². The number of alkyl halides is 3. The van der Waals surface area contributed by atoms with Crippen molar-refractivity contribution in [1.82, 2.24) is 9.97 Å². The number of aromatic nitrogens is 2. The number of carbonyl (C=O) groups is 1. The molecule has 0 saturated heterocycles. The van der Waals surface area contributed by atoms with Crippen LogP contribution in [-0.2, 0) is 4.79 Å². The van der Waals surface area contributed by atoms with E-state index in [1.807, 2.05) is 19.1 Å². The maximum atomic E-state index is 12.3. The maximum absolute atomic E-state index is 12.3. The van der Waals surface area contributed by atoms with Gasteiger partial charge in [-0.05, 0) is 42.8 Å². The lowest BCUT2D eigenvalue weighted by Gasteiger charge is -2.11. The number of unbranched alkanes of at least 4 members (excludes halogenated alkanes) is 1. The molecule has 2 aromatic carbocycles. The molecule has 0 unspecified atom stereocenters. The molecule has 1 aromatic heterocycles. The van der Waals surface area contributed by atoms with Crippen LogP contribution in [0.15, 0.2) is 60.9 Å². The molecule has 0 radical (unpaired) electrons. The van der Waals surface area contributed by atoms with E-state index >= 15 is 0 Å². The van der Waals surface area contributed by atoms with E-state index in [0.29, 0.717) is 29.3 Å². The molecule has 0 fully saturated rings. The van der Waals surface area contributed by atoms with Gasteiger partial charge in [0.05, 0.1) is 5.69 Å². The largest absolute Gasteiger partial charge is 0.573 e. The van der Waals surface area contributed by atoms with Crippen molar-refractivity contribution < 1.29 is 22.7 Å². The normalized spacial score (nSPS) is 11.1. The van der Waals surface area contributed by atoms with Gasteiger partial charge >= 0.3 is 6.36 Å². The van der Waals surface area contributed by atoms with Crippen molar-refractivity contribution in [1.29, 1.82) is 0 Å². The maximum Gasteiger partial charge on any atom is 0.573 e. The average molecular weight is 430 g/mol. The first-order chi connectivity index (χ1) is 14.8. The molecular weight excluding hydrogens is 409 g/mol. The van der Waals surface area contributed by atoms with E-state index in [9.17, 15) is 18.0 Å². The number of anilines is 3. The van der Waals surface area contributed by atoms with Crippen LogP contribution >= 0.6 is 0 Å². The molecule has 3 rings (SSSR count). The van der Waals surface area contributed by atoms with E-state index < -0.39 is 6.36 Å². The fraction of sp³-hybridized carbons (Fsp3) is 0.227. The Hall–Kier alpha value is -3.62. The SMILES string of the molecule is CCCCC(=O)Nc1ccc(-c2cc(Nc3ccc(OC(F)(F)F)cc3)ncn2)cc1. The smallest absolute Gasteiger partial charge is 0.406 e. The second-order valence-corrected chi connectivity index (χ2v) is 6.71.